The number of benzene rings is 1. The van der Waals surface area contributed by atoms with Gasteiger partial charge >= 0.3 is 0 Å². The van der Waals surface area contributed by atoms with E-state index in [1.807, 2.05) is 0 Å². The number of halogens is 2. The van der Waals surface area contributed by atoms with Crippen LogP contribution in [0.25, 0.3) is 0 Å². The van der Waals surface area contributed by atoms with Crippen molar-refractivity contribution in [3.63, 3.8) is 0 Å². The zero-order valence-corrected chi connectivity index (χ0v) is 15.1. The van der Waals surface area contributed by atoms with E-state index in [0.29, 0.717) is 6.54 Å². The minimum Gasteiger partial charge on any atom is -0.330 e. The Kier molecular flexibility index (Phi) is 5.71. The molecular formula is C14H20BrClN2O2S. The lowest BCUT2D eigenvalue weighted by molar-refractivity contribution is 0.204. The van der Waals surface area contributed by atoms with Gasteiger partial charge in [0.25, 0.3) is 0 Å². The van der Waals surface area contributed by atoms with Crippen LogP contribution < -0.4 is 5.73 Å². The highest BCUT2D eigenvalue weighted by molar-refractivity contribution is 9.10. The number of sulfonamides is 1. The maximum Gasteiger partial charge on any atom is 0.244 e. The number of hydrogen-bond donors (Lipinski definition) is 1. The molecule has 1 aromatic carbocycles. The summed E-state index contributed by atoms with van der Waals surface area (Å²) >= 11 is 9.39. The monoisotopic (exact) mass is 394 g/mol. The molecule has 1 aliphatic carbocycles. The van der Waals surface area contributed by atoms with E-state index in [-0.39, 0.29) is 21.9 Å². The predicted octanol–water partition coefficient (Wildman–Crippen LogP) is 3.24. The first-order chi connectivity index (χ1) is 9.87. The molecule has 0 saturated heterocycles. The highest BCUT2D eigenvalue weighted by Crippen LogP contribution is 2.33. The van der Waals surface area contributed by atoms with E-state index >= 15 is 0 Å². The molecule has 0 aliphatic heterocycles. The molecule has 118 valence electrons. The average Bonchev–Trinajstić information content (AvgIpc) is 2.46. The molecule has 2 unspecified atom stereocenters. The van der Waals surface area contributed by atoms with Gasteiger partial charge in [-0.2, -0.15) is 4.31 Å². The maximum atomic E-state index is 12.8. The number of nitrogens with zero attached hydrogens (tertiary/aromatic N) is 1. The molecule has 1 aliphatic rings. The molecule has 2 rings (SSSR count). The largest absolute Gasteiger partial charge is 0.330 e. The Hall–Kier alpha value is -0.140. The van der Waals surface area contributed by atoms with Crippen LogP contribution in [0.3, 0.4) is 0 Å². The standard InChI is InChI=1S/C14H20BrClN2O2S/c1-18(13-5-3-2-4-10(13)9-17)21(19,20)14-7-6-11(15)8-12(14)16/h6-8,10,13H,2-5,9,17H2,1H3. The van der Waals surface area contributed by atoms with Crippen LogP contribution >= 0.6 is 27.5 Å². The lowest BCUT2D eigenvalue weighted by Gasteiger charge is -2.36. The summed E-state index contributed by atoms with van der Waals surface area (Å²) in [5.41, 5.74) is 5.81. The summed E-state index contributed by atoms with van der Waals surface area (Å²) < 4.78 is 27.8. The Morgan fingerprint density at radius 3 is 2.67 bits per heavy atom. The van der Waals surface area contributed by atoms with E-state index in [1.165, 1.54) is 4.31 Å². The van der Waals surface area contributed by atoms with Crippen molar-refractivity contribution in [2.75, 3.05) is 13.6 Å². The van der Waals surface area contributed by atoms with Gasteiger partial charge in [-0.05, 0) is 43.5 Å². The summed E-state index contributed by atoms with van der Waals surface area (Å²) in [6, 6.07) is 4.78. The highest BCUT2D eigenvalue weighted by Gasteiger charge is 2.35. The fourth-order valence-electron chi connectivity index (χ4n) is 2.96. The molecule has 0 aromatic heterocycles. The Balaban J connectivity index is 2.33. The first-order valence-electron chi connectivity index (χ1n) is 7.01. The van der Waals surface area contributed by atoms with Gasteiger partial charge in [-0.1, -0.05) is 40.4 Å². The second kappa shape index (κ2) is 6.96. The van der Waals surface area contributed by atoms with Gasteiger partial charge in [0.05, 0.1) is 5.02 Å². The Morgan fingerprint density at radius 2 is 2.05 bits per heavy atom. The fourth-order valence-corrected chi connectivity index (χ4v) is 5.42. The lowest BCUT2D eigenvalue weighted by atomic mass is 9.85. The zero-order valence-electron chi connectivity index (χ0n) is 11.9. The summed E-state index contributed by atoms with van der Waals surface area (Å²) in [6.07, 6.45) is 3.99. The topological polar surface area (TPSA) is 63.4 Å². The molecule has 0 heterocycles. The predicted molar refractivity (Wildman–Crippen MR) is 88.9 cm³/mol. The molecule has 0 bridgehead atoms. The van der Waals surface area contributed by atoms with Crippen LogP contribution in [-0.2, 0) is 10.0 Å². The Morgan fingerprint density at radius 1 is 1.38 bits per heavy atom. The van der Waals surface area contributed by atoms with Crippen molar-refractivity contribution in [1.29, 1.82) is 0 Å². The molecule has 2 atom stereocenters. The maximum absolute atomic E-state index is 12.8. The normalized spacial score (nSPS) is 23.5. The summed E-state index contributed by atoms with van der Waals surface area (Å²) in [5.74, 6) is 0.216. The van der Waals surface area contributed by atoms with Crippen LogP contribution in [0.1, 0.15) is 25.7 Å². The molecule has 0 amide bonds. The Labute approximate surface area is 139 Å². The van der Waals surface area contributed by atoms with Gasteiger partial charge in [0.1, 0.15) is 4.90 Å². The third kappa shape index (κ3) is 3.62. The first-order valence-corrected chi connectivity index (χ1v) is 9.62. The van der Waals surface area contributed by atoms with Crippen molar-refractivity contribution < 1.29 is 8.42 Å². The molecule has 1 aromatic rings. The molecule has 1 fully saturated rings. The fraction of sp³-hybridized carbons (Fsp3) is 0.571. The number of nitrogens with two attached hydrogens (primary N) is 1. The van der Waals surface area contributed by atoms with Gasteiger partial charge in [0.15, 0.2) is 0 Å². The Bertz CT molecular complexity index is 609. The lowest BCUT2D eigenvalue weighted by Crippen LogP contribution is -2.45. The third-order valence-corrected chi connectivity index (χ3v) is 7.05. The van der Waals surface area contributed by atoms with E-state index < -0.39 is 10.0 Å². The SMILES string of the molecule is CN(C1CCCCC1CN)S(=O)(=O)c1ccc(Br)cc1Cl. The zero-order chi connectivity index (χ0) is 15.6. The molecule has 0 spiro atoms. The minimum atomic E-state index is -3.60. The third-order valence-electron chi connectivity index (χ3n) is 4.19. The van der Waals surface area contributed by atoms with Crippen molar-refractivity contribution in [1.82, 2.24) is 4.31 Å². The average molecular weight is 396 g/mol. The van der Waals surface area contributed by atoms with Gasteiger partial charge in [-0.3, -0.25) is 0 Å². The summed E-state index contributed by atoms with van der Waals surface area (Å²) in [4.78, 5) is 0.149. The van der Waals surface area contributed by atoms with Crippen molar-refractivity contribution in [3.05, 3.63) is 27.7 Å². The quantitative estimate of drug-likeness (QED) is 0.851. The van der Waals surface area contributed by atoms with Gasteiger partial charge in [-0.25, -0.2) is 8.42 Å². The second-order valence-electron chi connectivity index (χ2n) is 5.44. The molecule has 0 radical (unpaired) electrons. The summed E-state index contributed by atoms with van der Waals surface area (Å²) in [7, 11) is -1.97. The summed E-state index contributed by atoms with van der Waals surface area (Å²) in [5, 5.41) is 0.233. The first kappa shape index (κ1) is 17.2. The van der Waals surface area contributed by atoms with E-state index in [9.17, 15) is 8.42 Å². The van der Waals surface area contributed by atoms with E-state index in [4.69, 9.17) is 17.3 Å². The summed E-state index contributed by atoms with van der Waals surface area (Å²) in [6.45, 7) is 0.512. The van der Waals surface area contributed by atoms with Gasteiger partial charge in [-0.15, -0.1) is 0 Å². The van der Waals surface area contributed by atoms with Gasteiger partial charge in [0.2, 0.25) is 10.0 Å². The highest BCUT2D eigenvalue weighted by atomic mass is 79.9. The number of hydrogen-bond acceptors (Lipinski definition) is 3. The van der Waals surface area contributed by atoms with Crippen LogP contribution in [0.2, 0.25) is 5.02 Å². The molecule has 1 saturated carbocycles. The van der Waals surface area contributed by atoms with Crippen molar-refractivity contribution in [2.45, 2.75) is 36.6 Å². The van der Waals surface area contributed by atoms with Crippen molar-refractivity contribution in [3.8, 4) is 0 Å². The van der Waals surface area contributed by atoms with E-state index in [1.54, 1.807) is 25.2 Å². The van der Waals surface area contributed by atoms with E-state index in [2.05, 4.69) is 15.9 Å². The van der Waals surface area contributed by atoms with E-state index in [0.717, 1.165) is 30.2 Å². The van der Waals surface area contributed by atoms with Crippen LogP contribution in [0, 0.1) is 5.92 Å². The van der Waals surface area contributed by atoms with Crippen molar-refractivity contribution >= 4 is 37.6 Å². The van der Waals surface area contributed by atoms with Crippen LogP contribution in [0.15, 0.2) is 27.6 Å². The van der Waals surface area contributed by atoms with Crippen molar-refractivity contribution in [2.24, 2.45) is 11.7 Å². The molecule has 21 heavy (non-hydrogen) atoms. The van der Waals surface area contributed by atoms with Gasteiger partial charge < -0.3 is 5.73 Å². The van der Waals surface area contributed by atoms with Gasteiger partial charge in [0, 0.05) is 17.6 Å². The van der Waals surface area contributed by atoms with Crippen LogP contribution in [-0.4, -0.2) is 32.4 Å². The van der Waals surface area contributed by atoms with Crippen LogP contribution in [0.4, 0.5) is 0 Å². The second-order valence-corrected chi connectivity index (χ2v) is 8.73. The molecule has 4 nitrogen and oxygen atoms in total. The number of rotatable bonds is 4. The minimum absolute atomic E-state index is 0.0477. The molecule has 7 heteroatoms. The molecule has 2 N–H and O–H groups in total. The smallest absolute Gasteiger partial charge is 0.244 e. The van der Waals surface area contributed by atoms with Crippen LogP contribution in [0.5, 0.6) is 0 Å². The molecular weight excluding hydrogens is 376 g/mol.